The van der Waals surface area contributed by atoms with Gasteiger partial charge < -0.3 is 9.64 Å². The Balaban J connectivity index is 2.44. The van der Waals surface area contributed by atoms with E-state index in [0.717, 1.165) is 6.42 Å². The predicted octanol–water partition coefficient (Wildman–Crippen LogP) is 1.57. The molecule has 1 saturated heterocycles. The van der Waals surface area contributed by atoms with Crippen molar-refractivity contribution in [2.75, 3.05) is 33.3 Å². The molecule has 0 atom stereocenters. The first-order chi connectivity index (χ1) is 10.5. The first-order valence-electron chi connectivity index (χ1n) is 7.43. The Morgan fingerprint density at radius 1 is 1.27 bits per heavy atom. The minimum Gasteiger partial charge on any atom is -0.496 e. The van der Waals surface area contributed by atoms with Crippen LogP contribution in [0.5, 0.6) is 5.75 Å². The lowest BCUT2D eigenvalue weighted by Gasteiger charge is -2.31. The second-order valence-electron chi connectivity index (χ2n) is 5.10. The van der Waals surface area contributed by atoms with Gasteiger partial charge in [0, 0.05) is 26.2 Å². The van der Waals surface area contributed by atoms with Crippen LogP contribution in [0.15, 0.2) is 23.1 Å². The average Bonchev–Trinajstić information content (AvgIpc) is 2.45. The summed E-state index contributed by atoms with van der Waals surface area (Å²) in [5.74, 6) is 0.218. The van der Waals surface area contributed by atoms with E-state index in [9.17, 15) is 13.2 Å². The van der Waals surface area contributed by atoms with Gasteiger partial charge in [-0.2, -0.15) is 4.31 Å². The Kier molecular flexibility index (Phi) is 5.08. The van der Waals surface area contributed by atoms with Crippen LogP contribution in [-0.2, 0) is 10.0 Å². The van der Waals surface area contributed by atoms with E-state index in [2.05, 4.69) is 0 Å². The van der Waals surface area contributed by atoms with Crippen LogP contribution >= 0.6 is 0 Å². The number of hydrogen-bond acceptors (Lipinski definition) is 4. The number of rotatable bonds is 6. The third-order valence-electron chi connectivity index (χ3n) is 3.89. The van der Waals surface area contributed by atoms with Gasteiger partial charge in [-0.1, -0.05) is 13.8 Å². The number of nitrogens with zero attached hydrogens (tertiary/aromatic N) is 2. The molecule has 22 heavy (non-hydrogen) atoms. The van der Waals surface area contributed by atoms with Gasteiger partial charge in [0.2, 0.25) is 10.0 Å². The van der Waals surface area contributed by atoms with Crippen LogP contribution in [-0.4, -0.2) is 56.8 Å². The number of carbonyl (C=O) groups is 1. The van der Waals surface area contributed by atoms with Crippen molar-refractivity contribution in [1.82, 2.24) is 9.21 Å². The van der Waals surface area contributed by atoms with Crippen LogP contribution in [0.1, 0.15) is 30.6 Å². The van der Waals surface area contributed by atoms with Gasteiger partial charge >= 0.3 is 0 Å². The van der Waals surface area contributed by atoms with Gasteiger partial charge in [-0.3, -0.25) is 4.79 Å². The Bertz CT molecular complexity index is 650. The van der Waals surface area contributed by atoms with Crippen LogP contribution in [0.2, 0.25) is 0 Å². The molecule has 1 heterocycles. The molecule has 0 saturated carbocycles. The van der Waals surface area contributed by atoms with E-state index < -0.39 is 10.0 Å². The molecule has 1 amide bonds. The quantitative estimate of drug-likeness (QED) is 0.796. The first kappa shape index (κ1) is 16.8. The molecule has 1 aromatic carbocycles. The molecule has 0 N–H and O–H groups in total. The highest BCUT2D eigenvalue weighted by molar-refractivity contribution is 7.89. The highest BCUT2D eigenvalue weighted by Crippen LogP contribution is 2.27. The summed E-state index contributed by atoms with van der Waals surface area (Å²) in [7, 11) is -2.12. The maximum atomic E-state index is 12.6. The largest absolute Gasteiger partial charge is 0.496 e. The van der Waals surface area contributed by atoms with Crippen molar-refractivity contribution in [2.24, 2.45) is 0 Å². The van der Waals surface area contributed by atoms with E-state index in [1.807, 2.05) is 0 Å². The normalized spacial score (nSPS) is 14.8. The van der Waals surface area contributed by atoms with E-state index >= 15 is 0 Å². The predicted molar refractivity (Wildman–Crippen MR) is 83.6 cm³/mol. The number of amides is 1. The molecule has 0 bridgehead atoms. The Hall–Kier alpha value is -1.60. The zero-order chi connectivity index (χ0) is 16.3. The minimum atomic E-state index is -3.59. The molecule has 0 spiro atoms. The summed E-state index contributed by atoms with van der Waals surface area (Å²) >= 11 is 0. The fourth-order valence-corrected chi connectivity index (χ4v) is 3.90. The number of ether oxygens (including phenoxy) is 1. The average molecular weight is 326 g/mol. The zero-order valence-corrected chi connectivity index (χ0v) is 14.0. The standard InChI is InChI=1S/C15H22N2O4S/c1-4-17(5-2)22(19,20)12-7-8-14(21-3)13(11-12)15(18)16-9-6-10-16/h7-8,11H,4-6,9-10H2,1-3H3. The summed E-state index contributed by atoms with van der Waals surface area (Å²) < 4.78 is 31.7. The minimum absolute atomic E-state index is 0.126. The molecule has 1 aliphatic rings. The third-order valence-corrected chi connectivity index (χ3v) is 5.93. The Labute approximate surface area is 131 Å². The summed E-state index contributed by atoms with van der Waals surface area (Å²) in [5.41, 5.74) is 0.301. The lowest BCUT2D eigenvalue weighted by molar-refractivity contribution is 0.0648. The van der Waals surface area contributed by atoms with Crippen LogP contribution < -0.4 is 4.74 Å². The van der Waals surface area contributed by atoms with Crippen molar-refractivity contribution >= 4 is 15.9 Å². The smallest absolute Gasteiger partial charge is 0.257 e. The van der Waals surface area contributed by atoms with Crippen LogP contribution in [0, 0.1) is 0 Å². The summed E-state index contributed by atoms with van der Waals surface area (Å²) in [6.07, 6.45) is 0.978. The molecule has 1 aromatic rings. The maximum Gasteiger partial charge on any atom is 0.257 e. The first-order valence-corrected chi connectivity index (χ1v) is 8.87. The van der Waals surface area contributed by atoms with E-state index in [-0.39, 0.29) is 10.8 Å². The lowest BCUT2D eigenvalue weighted by Crippen LogP contribution is -2.42. The highest BCUT2D eigenvalue weighted by Gasteiger charge is 2.28. The number of hydrogen-bond donors (Lipinski definition) is 0. The van der Waals surface area contributed by atoms with Crippen molar-refractivity contribution in [3.63, 3.8) is 0 Å². The molecular formula is C15H22N2O4S. The molecule has 1 fully saturated rings. The van der Waals surface area contributed by atoms with Gasteiger partial charge in [0.15, 0.2) is 0 Å². The molecule has 0 aliphatic carbocycles. The third kappa shape index (κ3) is 2.96. The van der Waals surface area contributed by atoms with E-state index in [0.29, 0.717) is 37.5 Å². The lowest BCUT2D eigenvalue weighted by atomic mass is 10.1. The highest BCUT2D eigenvalue weighted by atomic mass is 32.2. The number of methoxy groups -OCH3 is 1. The second-order valence-corrected chi connectivity index (χ2v) is 7.04. The summed E-state index contributed by atoms with van der Waals surface area (Å²) in [5, 5.41) is 0. The molecule has 0 radical (unpaired) electrons. The second kappa shape index (κ2) is 6.66. The molecule has 122 valence electrons. The topological polar surface area (TPSA) is 66.9 Å². The number of benzene rings is 1. The SMILES string of the molecule is CCN(CC)S(=O)(=O)c1ccc(OC)c(C(=O)N2CCC2)c1. The van der Waals surface area contributed by atoms with Crippen molar-refractivity contribution in [3.8, 4) is 5.75 Å². The van der Waals surface area contributed by atoms with Crippen molar-refractivity contribution in [2.45, 2.75) is 25.2 Å². The van der Waals surface area contributed by atoms with Gasteiger partial charge in [0.25, 0.3) is 5.91 Å². The molecular weight excluding hydrogens is 304 g/mol. The monoisotopic (exact) mass is 326 g/mol. The van der Waals surface area contributed by atoms with Gasteiger partial charge in [-0.25, -0.2) is 8.42 Å². The Morgan fingerprint density at radius 2 is 1.91 bits per heavy atom. The molecule has 2 rings (SSSR count). The van der Waals surface area contributed by atoms with E-state index in [4.69, 9.17) is 4.74 Å². The fourth-order valence-electron chi connectivity index (χ4n) is 2.42. The molecule has 0 unspecified atom stereocenters. The van der Waals surface area contributed by atoms with Crippen molar-refractivity contribution in [1.29, 1.82) is 0 Å². The Morgan fingerprint density at radius 3 is 2.36 bits per heavy atom. The maximum absolute atomic E-state index is 12.6. The molecule has 0 aromatic heterocycles. The van der Waals surface area contributed by atoms with Gasteiger partial charge in [0.05, 0.1) is 17.6 Å². The van der Waals surface area contributed by atoms with Gasteiger partial charge in [-0.05, 0) is 24.6 Å². The van der Waals surface area contributed by atoms with Crippen molar-refractivity contribution < 1.29 is 17.9 Å². The molecule has 1 aliphatic heterocycles. The summed E-state index contributed by atoms with van der Waals surface area (Å²) in [6, 6.07) is 4.45. The van der Waals surface area contributed by atoms with Gasteiger partial charge in [-0.15, -0.1) is 0 Å². The zero-order valence-electron chi connectivity index (χ0n) is 13.2. The number of carbonyl (C=O) groups excluding carboxylic acids is 1. The van der Waals surface area contributed by atoms with Crippen molar-refractivity contribution in [3.05, 3.63) is 23.8 Å². The van der Waals surface area contributed by atoms with Crippen LogP contribution in [0.25, 0.3) is 0 Å². The van der Waals surface area contributed by atoms with Crippen LogP contribution in [0.4, 0.5) is 0 Å². The summed E-state index contributed by atoms with van der Waals surface area (Å²) in [6.45, 7) is 5.76. The fraction of sp³-hybridized carbons (Fsp3) is 0.533. The molecule has 7 heteroatoms. The van der Waals surface area contributed by atoms with E-state index in [1.165, 1.54) is 23.5 Å². The van der Waals surface area contributed by atoms with E-state index in [1.54, 1.807) is 24.8 Å². The molecule has 6 nitrogen and oxygen atoms in total. The number of sulfonamides is 1. The summed E-state index contributed by atoms with van der Waals surface area (Å²) in [4.78, 5) is 14.2. The van der Waals surface area contributed by atoms with Gasteiger partial charge in [0.1, 0.15) is 5.75 Å². The van der Waals surface area contributed by atoms with Crippen LogP contribution in [0.3, 0.4) is 0 Å². The number of likely N-dealkylation sites (tertiary alicyclic amines) is 1.